The summed E-state index contributed by atoms with van der Waals surface area (Å²) in [5.74, 6) is -2.92. The number of rotatable bonds is 8. The number of benzene rings is 1. The molecule has 116 valence electrons. The van der Waals surface area contributed by atoms with Gasteiger partial charge in [-0.05, 0) is 24.6 Å². The first-order valence-electron chi connectivity index (χ1n) is 5.86. The number of carboxylic acid groups (broad SMARTS) is 2. The number of methoxy groups -OCH3 is 1. The molecule has 0 aliphatic heterocycles. The van der Waals surface area contributed by atoms with Crippen LogP contribution in [-0.2, 0) is 14.8 Å². The molecule has 1 aromatic carbocycles. The van der Waals surface area contributed by atoms with Crippen LogP contribution in [0.15, 0.2) is 18.2 Å². The van der Waals surface area contributed by atoms with E-state index in [9.17, 15) is 18.0 Å². The van der Waals surface area contributed by atoms with E-state index in [-0.39, 0.29) is 35.6 Å². The second-order valence-corrected chi connectivity index (χ2v) is 6.02. The van der Waals surface area contributed by atoms with Crippen LogP contribution in [-0.4, -0.2) is 50.0 Å². The minimum absolute atomic E-state index is 0.107. The predicted molar refractivity (Wildman–Crippen MR) is 74.3 cm³/mol. The summed E-state index contributed by atoms with van der Waals surface area (Å²) in [4.78, 5) is 21.8. The number of anilines is 1. The number of hydrogen-bond acceptors (Lipinski definition) is 5. The van der Waals surface area contributed by atoms with Crippen LogP contribution in [0.4, 0.5) is 5.69 Å². The molecule has 0 saturated heterocycles. The lowest BCUT2D eigenvalue weighted by atomic mass is 10.1. The maximum Gasteiger partial charge on any atom is 0.335 e. The molecule has 1 aromatic rings. The Morgan fingerprint density at radius 1 is 1.14 bits per heavy atom. The SMILES string of the molecule is COCCCS(=O)(=O)Nc1cc(C(=O)O)cc(C(=O)O)c1. The zero-order valence-electron chi connectivity index (χ0n) is 11.2. The van der Waals surface area contributed by atoms with E-state index in [1.807, 2.05) is 0 Å². The van der Waals surface area contributed by atoms with Gasteiger partial charge in [-0.1, -0.05) is 0 Å². The molecule has 0 aliphatic rings. The van der Waals surface area contributed by atoms with E-state index >= 15 is 0 Å². The smallest absolute Gasteiger partial charge is 0.335 e. The molecule has 0 amide bonds. The summed E-state index contributed by atoms with van der Waals surface area (Å²) in [6, 6.07) is 3.07. The Labute approximate surface area is 121 Å². The Balaban J connectivity index is 3.02. The first-order valence-corrected chi connectivity index (χ1v) is 7.51. The van der Waals surface area contributed by atoms with Gasteiger partial charge in [-0.25, -0.2) is 18.0 Å². The zero-order chi connectivity index (χ0) is 16.0. The molecule has 0 unspecified atom stereocenters. The van der Waals surface area contributed by atoms with Crippen molar-refractivity contribution in [2.75, 3.05) is 24.2 Å². The van der Waals surface area contributed by atoms with Gasteiger partial charge in [-0.2, -0.15) is 0 Å². The Morgan fingerprint density at radius 3 is 2.10 bits per heavy atom. The van der Waals surface area contributed by atoms with Crippen molar-refractivity contribution >= 4 is 27.6 Å². The van der Waals surface area contributed by atoms with Crippen LogP contribution in [0.25, 0.3) is 0 Å². The predicted octanol–water partition coefficient (Wildman–Crippen LogP) is 0.861. The minimum Gasteiger partial charge on any atom is -0.478 e. The van der Waals surface area contributed by atoms with Crippen LogP contribution in [0.2, 0.25) is 0 Å². The summed E-state index contributed by atoms with van der Waals surface area (Å²) >= 11 is 0. The molecule has 3 N–H and O–H groups in total. The Morgan fingerprint density at radius 2 is 1.67 bits per heavy atom. The average Bonchev–Trinajstić information content (AvgIpc) is 2.37. The summed E-state index contributed by atoms with van der Waals surface area (Å²) < 4.78 is 30.4. The van der Waals surface area contributed by atoms with E-state index in [4.69, 9.17) is 14.9 Å². The molecule has 0 saturated carbocycles. The fourth-order valence-corrected chi connectivity index (χ4v) is 2.63. The molecular weight excluding hydrogens is 302 g/mol. The largest absolute Gasteiger partial charge is 0.478 e. The molecule has 0 heterocycles. The van der Waals surface area contributed by atoms with Crippen molar-refractivity contribution in [3.63, 3.8) is 0 Å². The van der Waals surface area contributed by atoms with E-state index in [1.165, 1.54) is 7.11 Å². The van der Waals surface area contributed by atoms with E-state index in [0.29, 0.717) is 0 Å². The van der Waals surface area contributed by atoms with Crippen molar-refractivity contribution in [3.05, 3.63) is 29.3 Å². The van der Waals surface area contributed by atoms with Crippen molar-refractivity contribution in [3.8, 4) is 0 Å². The van der Waals surface area contributed by atoms with Crippen LogP contribution in [0.1, 0.15) is 27.1 Å². The Bertz CT molecular complexity index is 607. The Hall–Kier alpha value is -2.13. The van der Waals surface area contributed by atoms with Crippen molar-refractivity contribution in [2.45, 2.75) is 6.42 Å². The highest BCUT2D eigenvalue weighted by molar-refractivity contribution is 7.92. The van der Waals surface area contributed by atoms with Crippen molar-refractivity contribution in [2.24, 2.45) is 0 Å². The lowest BCUT2D eigenvalue weighted by molar-refractivity contribution is 0.0696. The van der Waals surface area contributed by atoms with Crippen molar-refractivity contribution < 1.29 is 33.0 Å². The van der Waals surface area contributed by atoms with Crippen LogP contribution >= 0.6 is 0 Å². The zero-order valence-corrected chi connectivity index (χ0v) is 12.0. The molecule has 0 aromatic heterocycles. The van der Waals surface area contributed by atoms with Gasteiger partial charge in [-0.3, -0.25) is 4.72 Å². The van der Waals surface area contributed by atoms with E-state index in [1.54, 1.807) is 0 Å². The van der Waals surface area contributed by atoms with Gasteiger partial charge in [0, 0.05) is 13.7 Å². The lowest BCUT2D eigenvalue weighted by Crippen LogP contribution is -2.18. The van der Waals surface area contributed by atoms with Crippen LogP contribution in [0, 0.1) is 0 Å². The highest BCUT2D eigenvalue weighted by Gasteiger charge is 2.15. The lowest BCUT2D eigenvalue weighted by Gasteiger charge is -2.09. The third-order valence-corrected chi connectivity index (χ3v) is 3.83. The van der Waals surface area contributed by atoms with Crippen LogP contribution in [0.5, 0.6) is 0 Å². The van der Waals surface area contributed by atoms with Crippen molar-refractivity contribution in [1.29, 1.82) is 0 Å². The topological polar surface area (TPSA) is 130 Å². The van der Waals surface area contributed by atoms with Gasteiger partial charge in [0.25, 0.3) is 0 Å². The average molecular weight is 317 g/mol. The standard InChI is InChI=1S/C12H15NO7S/c1-20-3-2-4-21(18,19)13-10-6-8(11(14)15)5-9(7-10)12(16)17/h5-7,13H,2-4H2,1H3,(H,14,15)(H,16,17). The third kappa shape index (κ3) is 5.40. The summed E-state index contributed by atoms with van der Waals surface area (Å²) in [6.45, 7) is 0.260. The molecule has 21 heavy (non-hydrogen) atoms. The van der Waals surface area contributed by atoms with E-state index < -0.39 is 22.0 Å². The monoisotopic (exact) mass is 317 g/mol. The third-order valence-electron chi connectivity index (χ3n) is 2.46. The number of nitrogens with one attached hydrogen (secondary N) is 1. The molecule has 9 heteroatoms. The molecule has 0 radical (unpaired) electrons. The maximum absolute atomic E-state index is 11.8. The highest BCUT2D eigenvalue weighted by Crippen LogP contribution is 2.17. The quantitative estimate of drug-likeness (QED) is 0.606. The molecule has 0 spiro atoms. The normalized spacial score (nSPS) is 11.1. The fourth-order valence-electron chi connectivity index (χ4n) is 1.56. The van der Waals surface area contributed by atoms with Gasteiger partial charge in [0.05, 0.1) is 22.6 Å². The van der Waals surface area contributed by atoms with Gasteiger partial charge in [0.15, 0.2) is 0 Å². The number of carbonyl (C=O) groups is 2. The van der Waals surface area contributed by atoms with Crippen LogP contribution in [0.3, 0.4) is 0 Å². The number of hydrogen-bond donors (Lipinski definition) is 3. The molecular formula is C12H15NO7S. The van der Waals surface area contributed by atoms with Gasteiger partial charge in [-0.15, -0.1) is 0 Å². The number of sulfonamides is 1. The first-order chi connectivity index (χ1) is 9.75. The molecule has 0 aliphatic carbocycles. The first kappa shape index (κ1) is 16.9. The second kappa shape index (κ2) is 7.04. The summed E-state index contributed by atoms with van der Waals surface area (Å²) in [5, 5.41) is 17.8. The Kier molecular flexibility index (Phi) is 5.68. The van der Waals surface area contributed by atoms with E-state index in [0.717, 1.165) is 18.2 Å². The molecule has 1 rings (SSSR count). The fraction of sp³-hybridized carbons (Fsp3) is 0.333. The number of aromatic carboxylic acids is 2. The summed E-state index contributed by atoms with van der Waals surface area (Å²) in [7, 11) is -2.27. The van der Waals surface area contributed by atoms with Gasteiger partial charge in [0.2, 0.25) is 10.0 Å². The molecule has 0 bridgehead atoms. The van der Waals surface area contributed by atoms with E-state index in [2.05, 4.69) is 4.72 Å². The summed E-state index contributed by atoms with van der Waals surface area (Å²) in [5.41, 5.74) is -0.737. The van der Waals surface area contributed by atoms with Gasteiger partial charge >= 0.3 is 11.9 Å². The molecule has 0 atom stereocenters. The van der Waals surface area contributed by atoms with Crippen LogP contribution < -0.4 is 4.72 Å². The highest BCUT2D eigenvalue weighted by atomic mass is 32.2. The number of carboxylic acids is 2. The molecule has 0 fully saturated rings. The van der Waals surface area contributed by atoms with Gasteiger partial charge in [0.1, 0.15) is 0 Å². The summed E-state index contributed by atoms with van der Waals surface area (Å²) in [6.07, 6.45) is 0.260. The van der Waals surface area contributed by atoms with Crippen molar-refractivity contribution in [1.82, 2.24) is 0 Å². The maximum atomic E-state index is 11.8. The van der Waals surface area contributed by atoms with Gasteiger partial charge < -0.3 is 14.9 Å². The number of ether oxygens (including phenoxy) is 1. The molecule has 8 nitrogen and oxygen atoms in total. The second-order valence-electron chi connectivity index (χ2n) is 4.18. The minimum atomic E-state index is -3.71.